The van der Waals surface area contributed by atoms with Gasteiger partial charge in [0.2, 0.25) is 0 Å². The molecule has 25 heavy (non-hydrogen) atoms. The summed E-state index contributed by atoms with van der Waals surface area (Å²) >= 11 is 0. The van der Waals surface area contributed by atoms with E-state index < -0.39 is 12.5 Å². The van der Waals surface area contributed by atoms with Crippen LogP contribution in [-0.2, 0) is 6.42 Å². The van der Waals surface area contributed by atoms with Gasteiger partial charge in [-0.05, 0) is 61.5 Å². The molecule has 0 amide bonds. The number of ether oxygens (including phenoxy) is 3. The zero-order valence-corrected chi connectivity index (χ0v) is 15.1. The first kappa shape index (κ1) is 16.3. The number of hydrogen-bond acceptors (Lipinski definition) is 4. The van der Waals surface area contributed by atoms with E-state index in [0.29, 0.717) is 30.1 Å². The van der Waals surface area contributed by atoms with Crippen LogP contribution in [0.5, 0.6) is 17.2 Å². The molecule has 0 fully saturated rings. The van der Waals surface area contributed by atoms with Crippen molar-refractivity contribution >= 4 is 0 Å². The fourth-order valence-electron chi connectivity index (χ4n) is 2.54. The van der Waals surface area contributed by atoms with E-state index in [2.05, 4.69) is 0 Å². The third kappa shape index (κ3) is 6.31. The Balaban J connectivity index is 1.84. The largest absolute Gasteiger partial charge is 0.493 e. The molecule has 0 saturated heterocycles. The van der Waals surface area contributed by atoms with Gasteiger partial charge in [-0.1, -0.05) is 24.6 Å². The Morgan fingerprint density at radius 3 is 2.56 bits per heavy atom. The lowest BCUT2D eigenvalue weighted by atomic mass is 10.0. The third-order valence-corrected chi connectivity index (χ3v) is 3.87. The van der Waals surface area contributed by atoms with E-state index in [1.165, 1.54) is 0 Å². The number of benzene rings is 2. The summed E-state index contributed by atoms with van der Waals surface area (Å²) in [7, 11) is 3.18. The van der Waals surface area contributed by atoms with Crippen LogP contribution in [0.25, 0.3) is 0 Å². The van der Waals surface area contributed by atoms with Crippen LogP contribution in [0.15, 0.2) is 42.5 Å². The summed E-state index contributed by atoms with van der Waals surface area (Å²) in [5.41, 5.74) is 2.09. The Morgan fingerprint density at radius 2 is 1.84 bits per heavy atom. The van der Waals surface area contributed by atoms with E-state index in [4.69, 9.17) is 17.0 Å². The smallest absolute Gasteiger partial charge is 0.160 e. The lowest BCUT2D eigenvalue weighted by Crippen LogP contribution is -2.17. The van der Waals surface area contributed by atoms with Crippen LogP contribution in [0.4, 0.5) is 0 Å². The van der Waals surface area contributed by atoms with Crippen molar-refractivity contribution in [2.24, 2.45) is 0 Å². The number of methoxy groups -OCH3 is 2. The molecule has 4 heteroatoms. The fourth-order valence-corrected chi connectivity index (χ4v) is 2.54. The Bertz CT molecular complexity index is 734. The minimum atomic E-state index is -1.72. The number of aliphatic hydroxyl groups excluding tert-OH is 1. The van der Waals surface area contributed by atoms with Crippen molar-refractivity contribution in [3.05, 3.63) is 53.6 Å². The van der Waals surface area contributed by atoms with Crippen molar-refractivity contribution in [2.75, 3.05) is 20.8 Å². The van der Waals surface area contributed by atoms with Crippen molar-refractivity contribution in [1.82, 2.24) is 0 Å². The first-order chi connectivity index (χ1) is 12.9. The Labute approximate surface area is 153 Å². The molecule has 2 aromatic carbocycles. The minimum absolute atomic E-state index is 0.0766. The van der Waals surface area contributed by atoms with Crippen molar-refractivity contribution in [3.63, 3.8) is 0 Å². The van der Waals surface area contributed by atoms with Crippen LogP contribution in [0.3, 0.4) is 0 Å². The molecule has 1 atom stereocenters. The van der Waals surface area contributed by atoms with Crippen molar-refractivity contribution in [2.45, 2.75) is 38.7 Å². The quantitative estimate of drug-likeness (QED) is 0.701. The van der Waals surface area contributed by atoms with Crippen LogP contribution in [-0.4, -0.2) is 32.0 Å². The van der Waals surface area contributed by atoms with Gasteiger partial charge in [-0.15, -0.1) is 0 Å². The zero-order valence-electron chi connectivity index (χ0n) is 17.1. The summed E-state index contributed by atoms with van der Waals surface area (Å²) in [6.07, 6.45) is -1.39. The minimum Gasteiger partial charge on any atom is -0.493 e. The van der Waals surface area contributed by atoms with Crippen molar-refractivity contribution in [3.8, 4) is 17.2 Å². The van der Waals surface area contributed by atoms with Gasteiger partial charge in [-0.3, -0.25) is 0 Å². The summed E-state index contributed by atoms with van der Waals surface area (Å²) < 4.78 is 32.3. The van der Waals surface area contributed by atoms with Gasteiger partial charge in [0.15, 0.2) is 11.5 Å². The Hall–Kier alpha value is -2.20. The molecular weight excluding hydrogens is 316 g/mol. The average molecular weight is 346 g/mol. The summed E-state index contributed by atoms with van der Waals surface area (Å²) in [5, 5.41) is 10.2. The fraction of sp³-hybridized carbons (Fsp3) is 0.429. The van der Waals surface area contributed by atoms with Crippen LogP contribution in [0.1, 0.15) is 33.1 Å². The molecule has 0 bridgehead atoms. The highest BCUT2D eigenvalue weighted by molar-refractivity contribution is 5.42. The lowest BCUT2D eigenvalue weighted by Gasteiger charge is -2.13. The van der Waals surface area contributed by atoms with Crippen LogP contribution >= 0.6 is 0 Å². The van der Waals surface area contributed by atoms with Gasteiger partial charge >= 0.3 is 0 Å². The second kappa shape index (κ2) is 9.94. The molecule has 0 aliphatic carbocycles. The van der Waals surface area contributed by atoms with Gasteiger partial charge in [0.1, 0.15) is 12.4 Å². The van der Waals surface area contributed by atoms with E-state index in [0.717, 1.165) is 11.1 Å². The van der Waals surface area contributed by atoms with Gasteiger partial charge < -0.3 is 19.3 Å². The highest BCUT2D eigenvalue weighted by Crippen LogP contribution is 2.28. The molecular formula is C21H28O4. The number of aryl methyl sites for hydroxylation is 2. The molecule has 0 spiro atoms. The molecule has 0 heterocycles. The monoisotopic (exact) mass is 346 g/mol. The van der Waals surface area contributed by atoms with Gasteiger partial charge in [-0.25, -0.2) is 0 Å². The topological polar surface area (TPSA) is 47.9 Å². The predicted molar refractivity (Wildman–Crippen MR) is 99.8 cm³/mol. The van der Waals surface area contributed by atoms with Crippen LogP contribution in [0.2, 0.25) is 0 Å². The molecule has 0 aliphatic heterocycles. The number of aliphatic hydroxyl groups is 1. The first-order valence-corrected chi connectivity index (χ1v) is 8.44. The summed E-state index contributed by atoms with van der Waals surface area (Å²) in [6.45, 7) is 1.88. The zero-order chi connectivity index (χ0) is 19.9. The molecule has 2 aromatic rings. The third-order valence-electron chi connectivity index (χ3n) is 3.87. The standard InChI is InChI=1S/C21H28O4/c1-16-7-6-10-19(13-16)25-15-18(22)9-5-4-8-17-11-12-20(23-2)21(14-17)24-3/h6-7,10-14,18,22H,4-5,8-9,15H2,1-3H3/i9D2. The molecule has 1 N–H and O–H groups in total. The second-order valence-corrected chi connectivity index (χ2v) is 5.89. The van der Waals surface area contributed by atoms with Crippen molar-refractivity contribution < 1.29 is 22.1 Å². The summed E-state index contributed by atoms with van der Waals surface area (Å²) in [5.74, 6) is 1.96. The average Bonchev–Trinajstić information content (AvgIpc) is 2.65. The molecule has 1 unspecified atom stereocenters. The second-order valence-electron chi connectivity index (χ2n) is 5.89. The maximum absolute atomic E-state index is 10.2. The molecule has 0 aromatic heterocycles. The first-order valence-electron chi connectivity index (χ1n) is 9.44. The normalized spacial score (nSPS) is 13.6. The Kier molecular flexibility index (Phi) is 6.47. The van der Waals surface area contributed by atoms with Crippen LogP contribution in [0, 0.1) is 6.92 Å². The van der Waals surface area contributed by atoms with Gasteiger partial charge in [0.25, 0.3) is 0 Å². The molecule has 4 nitrogen and oxygen atoms in total. The van der Waals surface area contributed by atoms with E-state index in [1.807, 2.05) is 43.3 Å². The van der Waals surface area contributed by atoms with E-state index in [9.17, 15) is 5.11 Å². The maximum atomic E-state index is 10.2. The number of rotatable bonds is 10. The molecule has 136 valence electrons. The SMILES string of the molecule is [2H]C([2H])(CCCc1ccc(OC)c(OC)c1)C(O)COc1cccc(C)c1. The molecule has 0 aliphatic rings. The van der Waals surface area contributed by atoms with Crippen LogP contribution < -0.4 is 14.2 Å². The van der Waals surface area contributed by atoms with E-state index >= 15 is 0 Å². The summed E-state index contributed by atoms with van der Waals surface area (Å²) in [6, 6.07) is 13.2. The molecule has 0 radical (unpaired) electrons. The van der Waals surface area contributed by atoms with E-state index in [-0.39, 0.29) is 13.0 Å². The van der Waals surface area contributed by atoms with E-state index in [1.54, 1.807) is 20.3 Å². The maximum Gasteiger partial charge on any atom is 0.160 e. The Morgan fingerprint density at radius 1 is 1.04 bits per heavy atom. The molecule has 2 rings (SSSR count). The highest BCUT2D eigenvalue weighted by atomic mass is 16.5. The molecule has 0 saturated carbocycles. The van der Waals surface area contributed by atoms with Gasteiger partial charge in [0.05, 0.1) is 20.3 Å². The van der Waals surface area contributed by atoms with Gasteiger partial charge in [-0.2, -0.15) is 0 Å². The number of hydrogen-bond donors (Lipinski definition) is 1. The summed E-state index contributed by atoms with van der Waals surface area (Å²) in [4.78, 5) is 0. The highest BCUT2D eigenvalue weighted by Gasteiger charge is 2.07. The predicted octanol–water partition coefficient (Wildman–Crippen LogP) is 4.16. The van der Waals surface area contributed by atoms with Crippen molar-refractivity contribution in [1.29, 1.82) is 0 Å². The lowest BCUT2D eigenvalue weighted by molar-refractivity contribution is 0.0976. The van der Waals surface area contributed by atoms with Gasteiger partial charge in [0, 0.05) is 2.74 Å².